The van der Waals surface area contributed by atoms with E-state index in [1.807, 2.05) is 32.0 Å². The van der Waals surface area contributed by atoms with Gasteiger partial charge in [0.25, 0.3) is 11.8 Å². The van der Waals surface area contributed by atoms with Crippen LogP contribution >= 0.6 is 11.6 Å². The lowest BCUT2D eigenvalue weighted by atomic mass is 10.1. The number of hydrogen-bond donors (Lipinski definition) is 2. The molecule has 8 heteroatoms. The number of hydrogen-bond acceptors (Lipinski definition) is 4. The molecule has 0 unspecified atom stereocenters. The van der Waals surface area contributed by atoms with Crippen LogP contribution in [0.25, 0.3) is 0 Å². The molecular formula is C21H21ClN4O3. The third kappa shape index (κ3) is 4.94. The summed E-state index contributed by atoms with van der Waals surface area (Å²) in [5.41, 5.74) is 7.84. The highest BCUT2D eigenvalue weighted by molar-refractivity contribution is 6.30. The number of amides is 2. The Morgan fingerprint density at radius 1 is 1.24 bits per heavy atom. The molecule has 0 saturated heterocycles. The van der Waals surface area contributed by atoms with Crippen molar-refractivity contribution in [2.75, 3.05) is 5.32 Å². The van der Waals surface area contributed by atoms with Crippen molar-refractivity contribution in [3.63, 3.8) is 0 Å². The SMILES string of the molecule is CCn1cc(NC(=O)c2cccc(COc3ccc(Cl)cc3C)c2)c(C(N)=O)n1. The van der Waals surface area contributed by atoms with Crippen LogP contribution in [0.2, 0.25) is 5.02 Å². The number of carbonyl (C=O) groups is 2. The van der Waals surface area contributed by atoms with Gasteiger partial charge in [-0.05, 0) is 55.3 Å². The fourth-order valence-corrected chi connectivity index (χ4v) is 3.02. The van der Waals surface area contributed by atoms with E-state index in [-0.39, 0.29) is 17.3 Å². The summed E-state index contributed by atoms with van der Waals surface area (Å²) in [7, 11) is 0. The molecule has 7 nitrogen and oxygen atoms in total. The van der Waals surface area contributed by atoms with Crippen LogP contribution in [0.1, 0.15) is 38.9 Å². The Hall–Kier alpha value is -3.32. The Bertz CT molecular complexity index is 1060. The molecule has 3 aromatic rings. The van der Waals surface area contributed by atoms with Crippen LogP contribution in [-0.2, 0) is 13.2 Å². The number of nitrogens with one attached hydrogen (secondary N) is 1. The van der Waals surface area contributed by atoms with Crippen LogP contribution in [0.15, 0.2) is 48.7 Å². The zero-order valence-electron chi connectivity index (χ0n) is 16.1. The maximum Gasteiger partial charge on any atom is 0.271 e. The summed E-state index contributed by atoms with van der Waals surface area (Å²) in [6.07, 6.45) is 1.58. The van der Waals surface area contributed by atoms with E-state index in [1.165, 1.54) is 4.68 Å². The molecule has 0 aliphatic heterocycles. The number of nitrogens with zero attached hydrogens (tertiary/aromatic N) is 2. The predicted molar refractivity (Wildman–Crippen MR) is 111 cm³/mol. The zero-order valence-corrected chi connectivity index (χ0v) is 16.9. The number of benzene rings is 2. The number of halogens is 1. The van der Waals surface area contributed by atoms with E-state index in [0.717, 1.165) is 16.9 Å². The fourth-order valence-electron chi connectivity index (χ4n) is 2.79. The molecule has 0 bridgehead atoms. The van der Waals surface area contributed by atoms with Crippen molar-refractivity contribution in [3.05, 3.63) is 76.1 Å². The second kappa shape index (κ2) is 8.79. The summed E-state index contributed by atoms with van der Waals surface area (Å²) in [5.74, 6) is -0.344. The summed E-state index contributed by atoms with van der Waals surface area (Å²) in [5, 5.41) is 7.42. The third-order valence-corrected chi connectivity index (χ3v) is 4.52. The molecule has 0 aliphatic carbocycles. The molecule has 150 valence electrons. The molecule has 0 spiro atoms. The van der Waals surface area contributed by atoms with Gasteiger partial charge in [0.15, 0.2) is 5.69 Å². The Kier molecular flexibility index (Phi) is 6.19. The maximum absolute atomic E-state index is 12.6. The largest absolute Gasteiger partial charge is 0.489 e. The minimum Gasteiger partial charge on any atom is -0.489 e. The van der Waals surface area contributed by atoms with E-state index in [0.29, 0.717) is 23.7 Å². The predicted octanol–water partition coefficient (Wildman–Crippen LogP) is 3.80. The van der Waals surface area contributed by atoms with Gasteiger partial charge in [0.1, 0.15) is 12.4 Å². The fraction of sp³-hybridized carbons (Fsp3) is 0.190. The zero-order chi connectivity index (χ0) is 21.0. The van der Waals surface area contributed by atoms with Crippen molar-refractivity contribution < 1.29 is 14.3 Å². The molecule has 1 aromatic heterocycles. The summed E-state index contributed by atoms with van der Waals surface area (Å²) in [6, 6.07) is 12.5. The van der Waals surface area contributed by atoms with Gasteiger partial charge in [0.05, 0.1) is 5.69 Å². The van der Waals surface area contributed by atoms with Crippen LogP contribution in [-0.4, -0.2) is 21.6 Å². The third-order valence-electron chi connectivity index (χ3n) is 4.29. The molecule has 3 rings (SSSR count). The average Bonchev–Trinajstić information content (AvgIpc) is 3.11. The van der Waals surface area contributed by atoms with Crippen molar-refractivity contribution in [1.82, 2.24) is 9.78 Å². The van der Waals surface area contributed by atoms with Crippen LogP contribution in [0.3, 0.4) is 0 Å². The van der Waals surface area contributed by atoms with Crippen LogP contribution in [0.5, 0.6) is 5.75 Å². The van der Waals surface area contributed by atoms with Gasteiger partial charge in [0.2, 0.25) is 0 Å². The minimum atomic E-state index is -0.701. The molecular weight excluding hydrogens is 392 g/mol. The number of aromatic nitrogens is 2. The van der Waals surface area contributed by atoms with Gasteiger partial charge >= 0.3 is 0 Å². The smallest absolute Gasteiger partial charge is 0.271 e. The minimum absolute atomic E-state index is 0.0258. The van der Waals surface area contributed by atoms with E-state index in [9.17, 15) is 9.59 Å². The first-order chi connectivity index (χ1) is 13.9. The Morgan fingerprint density at radius 2 is 2.03 bits per heavy atom. The first-order valence-corrected chi connectivity index (χ1v) is 9.41. The number of primary amides is 1. The van der Waals surface area contributed by atoms with E-state index < -0.39 is 5.91 Å². The lowest BCUT2D eigenvalue weighted by Gasteiger charge is -2.10. The first kappa shape index (κ1) is 20.4. The van der Waals surface area contributed by atoms with Crippen LogP contribution in [0.4, 0.5) is 5.69 Å². The monoisotopic (exact) mass is 412 g/mol. The lowest BCUT2D eigenvalue weighted by molar-refractivity contribution is 0.0995. The number of rotatable bonds is 7. The molecule has 0 saturated carbocycles. The molecule has 0 aliphatic rings. The lowest BCUT2D eigenvalue weighted by Crippen LogP contribution is -2.18. The highest BCUT2D eigenvalue weighted by Gasteiger charge is 2.17. The number of ether oxygens (including phenoxy) is 1. The highest BCUT2D eigenvalue weighted by Crippen LogP contribution is 2.23. The number of nitrogens with two attached hydrogens (primary N) is 1. The van der Waals surface area contributed by atoms with Gasteiger partial charge < -0.3 is 15.8 Å². The maximum atomic E-state index is 12.6. The van der Waals surface area contributed by atoms with Crippen molar-refractivity contribution in [2.24, 2.45) is 5.73 Å². The summed E-state index contributed by atoms with van der Waals surface area (Å²) >= 11 is 5.96. The normalized spacial score (nSPS) is 10.6. The van der Waals surface area contributed by atoms with Crippen LogP contribution in [0, 0.1) is 6.92 Å². The van der Waals surface area contributed by atoms with Gasteiger partial charge in [0, 0.05) is 23.3 Å². The van der Waals surface area contributed by atoms with Gasteiger partial charge in [-0.3, -0.25) is 14.3 Å². The van der Waals surface area contributed by atoms with Gasteiger partial charge in [-0.25, -0.2) is 0 Å². The van der Waals surface area contributed by atoms with Crippen molar-refractivity contribution in [3.8, 4) is 5.75 Å². The highest BCUT2D eigenvalue weighted by atomic mass is 35.5. The van der Waals surface area contributed by atoms with E-state index in [2.05, 4.69) is 10.4 Å². The molecule has 2 aromatic carbocycles. The van der Waals surface area contributed by atoms with Gasteiger partial charge in [-0.15, -0.1) is 0 Å². The summed E-state index contributed by atoms with van der Waals surface area (Å²) in [4.78, 5) is 24.2. The van der Waals surface area contributed by atoms with Gasteiger partial charge in [-0.1, -0.05) is 23.7 Å². The quantitative estimate of drug-likeness (QED) is 0.616. The van der Waals surface area contributed by atoms with Crippen molar-refractivity contribution >= 4 is 29.1 Å². The molecule has 0 radical (unpaired) electrons. The van der Waals surface area contributed by atoms with Crippen LogP contribution < -0.4 is 15.8 Å². The van der Waals surface area contributed by atoms with E-state index in [4.69, 9.17) is 22.1 Å². The number of carbonyl (C=O) groups excluding carboxylic acids is 2. The second-order valence-corrected chi connectivity index (χ2v) is 6.90. The van der Waals surface area contributed by atoms with E-state index in [1.54, 1.807) is 30.5 Å². The van der Waals surface area contributed by atoms with Crippen molar-refractivity contribution in [1.29, 1.82) is 0 Å². The number of aryl methyl sites for hydroxylation is 2. The summed E-state index contributed by atoms with van der Waals surface area (Å²) in [6.45, 7) is 4.63. The molecule has 1 heterocycles. The topological polar surface area (TPSA) is 99.2 Å². The van der Waals surface area contributed by atoms with Gasteiger partial charge in [-0.2, -0.15) is 5.10 Å². The molecule has 0 atom stereocenters. The molecule has 0 fully saturated rings. The Labute approximate surface area is 173 Å². The van der Waals surface area contributed by atoms with Crippen molar-refractivity contribution in [2.45, 2.75) is 27.0 Å². The molecule has 29 heavy (non-hydrogen) atoms. The molecule has 2 amide bonds. The molecule has 3 N–H and O–H groups in total. The van der Waals surface area contributed by atoms with E-state index >= 15 is 0 Å². The average molecular weight is 413 g/mol. The Morgan fingerprint density at radius 3 is 2.72 bits per heavy atom. The Balaban J connectivity index is 1.73. The summed E-state index contributed by atoms with van der Waals surface area (Å²) < 4.78 is 7.37. The number of anilines is 1. The first-order valence-electron chi connectivity index (χ1n) is 9.04. The standard InChI is InChI=1S/C21H21ClN4O3/c1-3-26-11-17(19(25-26)20(23)27)24-21(28)15-6-4-5-14(10-15)12-29-18-8-7-16(22)9-13(18)2/h4-11H,3,12H2,1-2H3,(H2,23,27)(H,24,28). The second-order valence-electron chi connectivity index (χ2n) is 6.46.